The fourth-order valence-electron chi connectivity index (χ4n) is 2.28. The number of benzene rings is 1. The minimum absolute atomic E-state index is 0.156. The summed E-state index contributed by atoms with van der Waals surface area (Å²) in [5.41, 5.74) is 0.893. The summed E-state index contributed by atoms with van der Waals surface area (Å²) in [5.74, 6) is 0.773. The highest BCUT2D eigenvalue weighted by Crippen LogP contribution is 2.32. The summed E-state index contributed by atoms with van der Waals surface area (Å²) in [5, 5.41) is 7.34. The van der Waals surface area contributed by atoms with Gasteiger partial charge in [-0.25, -0.2) is 4.79 Å². The summed E-state index contributed by atoms with van der Waals surface area (Å²) < 4.78 is 10.5. The molecule has 8 heteroatoms. The van der Waals surface area contributed by atoms with E-state index in [0.29, 0.717) is 18.0 Å². The van der Waals surface area contributed by atoms with Crippen LogP contribution in [0.2, 0.25) is 0 Å². The zero-order valence-corrected chi connectivity index (χ0v) is 11.7. The quantitative estimate of drug-likeness (QED) is 0.665. The third kappa shape index (κ3) is 3.11. The molecule has 2 aliphatic heterocycles. The van der Waals surface area contributed by atoms with Gasteiger partial charge in [0.15, 0.2) is 11.5 Å². The molecule has 22 heavy (non-hydrogen) atoms. The highest BCUT2D eigenvalue weighted by molar-refractivity contribution is 6.04. The summed E-state index contributed by atoms with van der Waals surface area (Å²) in [4.78, 5) is 34.1. The predicted octanol–water partition coefficient (Wildman–Crippen LogP) is 0.0197. The van der Waals surface area contributed by atoms with E-state index >= 15 is 0 Å². The van der Waals surface area contributed by atoms with E-state index in [2.05, 4.69) is 16.0 Å². The van der Waals surface area contributed by atoms with Crippen molar-refractivity contribution in [3.05, 3.63) is 23.8 Å². The fraction of sp³-hybridized carbons (Fsp3) is 0.357. The van der Waals surface area contributed by atoms with Gasteiger partial charge in [0.2, 0.25) is 12.7 Å². The molecule has 0 radical (unpaired) electrons. The summed E-state index contributed by atoms with van der Waals surface area (Å²) in [7, 11) is 0. The first-order chi connectivity index (χ1) is 10.6. The Balaban J connectivity index is 1.44. The van der Waals surface area contributed by atoms with Crippen molar-refractivity contribution < 1.29 is 23.9 Å². The second-order valence-electron chi connectivity index (χ2n) is 5.02. The lowest BCUT2D eigenvalue weighted by Gasteiger charge is -2.08. The average Bonchev–Trinajstić information content (AvgIpc) is 3.08. The van der Waals surface area contributed by atoms with E-state index < -0.39 is 18.0 Å². The van der Waals surface area contributed by atoms with E-state index in [0.717, 1.165) is 5.56 Å². The zero-order chi connectivity index (χ0) is 15.5. The van der Waals surface area contributed by atoms with Gasteiger partial charge in [-0.1, -0.05) is 6.07 Å². The van der Waals surface area contributed by atoms with Gasteiger partial charge >= 0.3 is 6.03 Å². The van der Waals surface area contributed by atoms with Crippen molar-refractivity contribution in [1.29, 1.82) is 0 Å². The Morgan fingerprint density at radius 2 is 2.09 bits per heavy atom. The van der Waals surface area contributed by atoms with Crippen LogP contribution in [0.25, 0.3) is 0 Å². The van der Waals surface area contributed by atoms with E-state index in [1.54, 1.807) is 6.07 Å². The third-order valence-corrected chi connectivity index (χ3v) is 3.45. The van der Waals surface area contributed by atoms with Gasteiger partial charge in [0.1, 0.15) is 6.04 Å². The van der Waals surface area contributed by atoms with Crippen molar-refractivity contribution in [3.8, 4) is 11.5 Å². The molecule has 0 unspecified atom stereocenters. The molecule has 0 aromatic heterocycles. The number of rotatable bonds is 5. The maximum atomic E-state index is 11.8. The van der Waals surface area contributed by atoms with Gasteiger partial charge in [-0.05, 0) is 24.1 Å². The van der Waals surface area contributed by atoms with Crippen LogP contribution < -0.4 is 25.4 Å². The highest BCUT2D eigenvalue weighted by atomic mass is 16.7. The number of urea groups is 1. The van der Waals surface area contributed by atoms with Crippen LogP contribution in [0.5, 0.6) is 11.5 Å². The molecule has 4 amide bonds. The predicted molar refractivity (Wildman–Crippen MR) is 74.1 cm³/mol. The molecule has 116 valence electrons. The number of hydrogen-bond acceptors (Lipinski definition) is 5. The molecular formula is C14H15N3O5. The summed E-state index contributed by atoms with van der Waals surface area (Å²) in [6, 6.07) is 4.30. The van der Waals surface area contributed by atoms with Crippen LogP contribution in [0.1, 0.15) is 18.4 Å². The van der Waals surface area contributed by atoms with Gasteiger partial charge in [-0.3, -0.25) is 14.9 Å². The monoisotopic (exact) mass is 305 g/mol. The van der Waals surface area contributed by atoms with E-state index in [1.807, 2.05) is 12.1 Å². The van der Waals surface area contributed by atoms with Crippen molar-refractivity contribution in [1.82, 2.24) is 16.0 Å². The Bertz CT molecular complexity index is 631. The van der Waals surface area contributed by atoms with E-state index in [9.17, 15) is 14.4 Å². The van der Waals surface area contributed by atoms with Crippen molar-refractivity contribution in [2.75, 3.05) is 6.79 Å². The largest absolute Gasteiger partial charge is 0.454 e. The molecule has 3 rings (SSSR count). The smallest absolute Gasteiger partial charge is 0.322 e. The Kier molecular flexibility index (Phi) is 3.82. The first kappa shape index (κ1) is 14.2. The second-order valence-corrected chi connectivity index (χ2v) is 5.02. The molecule has 1 aromatic carbocycles. The van der Waals surface area contributed by atoms with Crippen molar-refractivity contribution >= 4 is 17.8 Å². The molecule has 0 bridgehead atoms. The first-order valence-electron chi connectivity index (χ1n) is 6.88. The van der Waals surface area contributed by atoms with Crippen molar-refractivity contribution in [2.45, 2.75) is 25.4 Å². The lowest BCUT2D eigenvalue weighted by atomic mass is 10.1. The molecule has 2 aliphatic rings. The SMILES string of the molecule is O=C(CC[C@H]1NC(=O)NC1=O)NCc1ccc2c(c1)OCO2. The zero-order valence-electron chi connectivity index (χ0n) is 11.7. The maximum absolute atomic E-state index is 11.8. The summed E-state index contributed by atoms with van der Waals surface area (Å²) in [6.07, 6.45) is 0.424. The van der Waals surface area contributed by atoms with Crippen LogP contribution in [-0.4, -0.2) is 30.7 Å². The van der Waals surface area contributed by atoms with Crippen molar-refractivity contribution in [3.63, 3.8) is 0 Å². The van der Waals surface area contributed by atoms with E-state index in [4.69, 9.17) is 9.47 Å². The van der Waals surface area contributed by atoms with Crippen molar-refractivity contribution in [2.24, 2.45) is 0 Å². The van der Waals surface area contributed by atoms with Crippen LogP contribution in [-0.2, 0) is 16.1 Å². The standard InChI is InChI=1S/C14H15N3O5/c18-12(4-2-9-13(19)17-14(20)16-9)15-6-8-1-3-10-11(5-8)22-7-21-10/h1,3,5,9H,2,4,6-7H2,(H,15,18)(H2,16,17,19,20)/t9-/m1/s1. The molecule has 1 atom stereocenters. The summed E-state index contributed by atoms with van der Waals surface area (Å²) >= 11 is 0. The van der Waals surface area contributed by atoms with Gasteiger partial charge in [0.25, 0.3) is 5.91 Å². The second kappa shape index (κ2) is 5.92. The van der Waals surface area contributed by atoms with Gasteiger partial charge in [0.05, 0.1) is 0 Å². The Morgan fingerprint density at radius 3 is 2.86 bits per heavy atom. The number of carbonyl (C=O) groups is 3. The molecule has 0 aliphatic carbocycles. The summed E-state index contributed by atoms with van der Waals surface area (Å²) in [6.45, 7) is 0.568. The Hall–Kier alpha value is -2.77. The number of carbonyl (C=O) groups excluding carboxylic acids is 3. The van der Waals surface area contributed by atoms with Crippen LogP contribution in [0.15, 0.2) is 18.2 Å². The Morgan fingerprint density at radius 1 is 1.27 bits per heavy atom. The fourth-order valence-corrected chi connectivity index (χ4v) is 2.28. The van der Waals surface area contributed by atoms with Crippen LogP contribution >= 0.6 is 0 Å². The van der Waals surface area contributed by atoms with Crippen LogP contribution in [0.3, 0.4) is 0 Å². The van der Waals surface area contributed by atoms with Gasteiger partial charge < -0.3 is 20.1 Å². The van der Waals surface area contributed by atoms with Crippen LogP contribution in [0.4, 0.5) is 4.79 Å². The molecular weight excluding hydrogens is 290 g/mol. The number of fused-ring (bicyclic) bond motifs is 1. The molecule has 8 nitrogen and oxygen atoms in total. The van der Waals surface area contributed by atoms with Gasteiger partial charge in [0, 0.05) is 13.0 Å². The molecule has 2 heterocycles. The molecule has 1 aromatic rings. The first-order valence-corrected chi connectivity index (χ1v) is 6.88. The number of nitrogens with one attached hydrogen (secondary N) is 3. The minimum atomic E-state index is -0.635. The lowest BCUT2D eigenvalue weighted by Crippen LogP contribution is -2.31. The minimum Gasteiger partial charge on any atom is -0.454 e. The van der Waals surface area contributed by atoms with Gasteiger partial charge in [-0.15, -0.1) is 0 Å². The molecule has 0 saturated carbocycles. The Labute approximate surface area is 126 Å². The van der Waals surface area contributed by atoms with E-state index in [-0.39, 0.29) is 25.5 Å². The lowest BCUT2D eigenvalue weighted by molar-refractivity contribution is -0.122. The number of hydrogen-bond donors (Lipinski definition) is 3. The molecule has 1 fully saturated rings. The number of imide groups is 1. The molecule has 0 spiro atoms. The highest BCUT2D eigenvalue weighted by Gasteiger charge is 2.29. The number of ether oxygens (including phenoxy) is 2. The van der Waals surface area contributed by atoms with Gasteiger partial charge in [-0.2, -0.15) is 0 Å². The molecule has 3 N–H and O–H groups in total. The number of amides is 4. The third-order valence-electron chi connectivity index (χ3n) is 3.45. The maximum Gasteiger partial charge on any atom is 0.322 e. The average molecular weight is 305 g/mol. The van der Waals surface area contributed by atoms with Crippen LogP contribution in [0, 0.1) is 0 Å². The molecule has 1 saturated heterocycles. The topological polar surface area (TPSA) is 106 Å². The normalized spacial score (nSPS) is 18.8. The van der Waals surface area contributed by atoms with E-state index in [1.165, 1.54) is 0 Å².